The molecule has 0 radical (unpaired) electrons. The molecule has 0 atom stereocenters. The lowest BCUT2D eigenvalue weighted by Gasteiger charge is -2.29. The Morgan fingerprint density at radius 2 is 1.94 bits per heavy atom. The van der Waals surface area contributed by atoms with E-state index >= 15 is 0 Å². The van der Waals surface area contributed by atoms with Gasteiger partial charge in [0.2, 0.25) is 0 Å². The first-order valence-corrected chi connectivity index (χ1v) is 4.66. The van der Waals surface area contributed by atoms with Crippen LogP contribution in [0, 0.1) is 11.3 Å². The zero-order chi connectivity index (χ0) is 12.0. The van der Waals surface area contributed by atoms with Crippen molar-refractivity contribution in [1.29, 1.82) is 5.26 Å². The highest BCUT2D eigenvalue weighted by Crippen LogP contribution is 2.15. The van der Waals surface area contributed by atoms with Gasteiger partial charge in [-0.15, -0.1) is 0 Å². The molecule has 0 fully saturated rings. The van der Waals surface area contributed by atoms with E-state index in [1.54, 1.807) is 6.07 Å². The Balaban J connectivity index is 2.90. The van der Waals surface area contributed by atoms with Gasteiger partial charge in [0.15, 0.2) is 0 Å². The molecule has 86 valence electrons. The zero-order valence-electron chi connectivity index (χ0n) is 8.59. The van der Waals surface area contributed by atoms with Crippen molar-refractivity contribution in [2.75, 3.05) is 25.1 Å². The van der Waals surface area contributed by atoms with Gasteiger partial charge in [-0.2, -0.15) is 5.26 Å². The minimum Gasteiger partial charge on any atom is -0.394 e. The normalized spacial score (nSPS) is 10.9. The van der Waals surface area contributed by atoms with E-state index in [0.717, 1.165) is 0 Å². The number of hydrogen-bond donors (Lipinski definition) is 4. The summed E-state index contributed by atoms with van der Waals surface area (Å²) in [5, 5.41) is 38.7. The molecule has 1 heterocycles. The molecule has 0 aromatic carbocycles. The lowest BCUT2D eigenvalue weighted by Crippen LogP contribution is -2.49. The number of pyridine rings is 1. The van der Waals surface area contributed by atoms with Gasteiger partial charge < -0.3 is 20.6 Å². The quantitative estimate of drug-likeness (QED) is 0.514. The van der Waals surface area contributed by atoms with Crippen LogP contribution in [0.4, 0.5) is 5.69 Å². The average Bonchev–Trinajstić information content (AvgIpc) is 2.36. The van der Waals surface area contributed by atoms with Gasteiger partial charge in [-0.05, 0) is 12.1 Å². The maximum atomic E-state index is 9.10. The van der Waals surface area contributed by atoms with E-state index in [1.165, 1.54) is 12.3 Å². The highest BCUT2D eigenvalue weighted by Gasteiger charge is 2.27. The van der Waals surface area contributed by atoms with Gasteiger partial charge in [0, 0.05) is 11.9 Å². The molecule has 0 saturated heterocycles. The lowest BCUT2D eigenvalue weighted by molar-refractivity contribution is 0.0833. The van der Waals surface area contributed by atoms with Crippen molar-refractivity contribution in [2.24, 2.45) is 0 Å². The zero-order valence-corrected chi connectivity index (χ0v) is 8.59. The smallest absolute Gasteiger partial charge is 0.142 e. The number of aromatic nitrogens is 1. The molecule has 0 saturated carbocycles. The molecule has 0 aliphatic rings. The van der Waals surface area contributed by atoms with E-state index in [4.69, 9.17) is 20.6 Å². The Bertz CT molecular complexity index is 377. The number of nitrogens with zero attached hydrogens (tertiary/aromatic N) is 2. The van der Waals surface area contributed by atoms with Gasteiger partial charge >= 0.3 is 0 Å². The first kappa shape index (κ1) is 12.4. The summed E-state index contributed by atoms with van der Waals surface area (Å²) in [7, 11) is 0. The number of nitriles is 1. The minimum atomic E-state index is -1.20. The first-order chi connectivity index (χ1) is 7.69. The van der Waals surface area contributed by atoms with E-state index in [1.807, 2.05) is 6.07 Å². The highest BCUT2D eigenvalue weighted by molar-refractivity contribution is 5.48. The number of aliphatic hydroxyl groups is 3. The molecule has 0 bridgehead atoms. The van der Waals surface area contributed by atoms with Crippen molar-refractivity contribution in [1.82, 2.24) is 4.98 Å². The Labute approximate surface area is 92.8 Å². The largest absolute Gasteiger partial charge is 0.394 e. The fraction of sp³-hybridized carbons (Fsp3) is 0.400. The van der Waals surface area contributed by atoms with Crippen molar-refractivity contribution in [2.45, 2.75) is 5.54 Å². The van der Waals surface area contributed by atoms with Crippen molar-refractivity contribution in [3.05, 3.63) is 24.0 Å². The van der Waals surface area contributed by atoms with E-state index in [2.05, 4.69) is 10.3 Å². The van der Waals surface area contributed by atoms with E-state index < -0.39 is 25.4 Å². The van der Waals surface area contributed by atoms with Crippen LogP contribution in [0.15, 0.2) is 18.3 Å². The van der Waals surface area contributed by atoms with Crippen LogP contribution in [-0.2, 0) is 0 Å². The Hall–Kier alpha value is -1.68. The number of rotatable bonds is 5. The van der Waals surface area contributed by atoms with Crippen LogP contribution in [0.1, 0.15) is 5.69 Å². The summed E-state index contributed by atoms with van der Waals surface area (Å²) in [4.78, 5) is 3.78. The first-order valence-electron chi connectivity index (χ1n) is 4.66. The number of nitrogens with one attached hydrogen (secondary N) is 1. The van der Waals surface area contributed by atoms with Gasteiger partial charge in [-0.25, -0.2) is 4.98 Å². The van der Waals surface area contributed by atoms with Crippen LogP contribution in [0.5, 0.6) is 0 Å². The van der Waals surface area contributed by atoms with Crippen LogP contribution in [0.25, 0.3) is 0 Å². The van der Waals surface area contributed by atoms with Gasteiger partial charge in [-0.3, -0.25) is 0 Å². The predicted molar refractivity (Wildman–Crippen MR) is 56.6 cm³/mol. The van der Waals surface area contributed by atoms with E-state index in [-0.39, 0.29) is 5.69 Å². The molecule has 1 rings (SSSR count). The fourth-order valence-corrected chi connectivity index (χ4v) is 1.14. The number of hydrogen-bond acceptors (Lipinski definition) is 6. The molecule has 0 amide bonds. The number of aliphatic hydroxyl groups excluding tert-OH is 3. The van der Waals surface area contributed by atoms with Crippen molar-refractivity contribution in [3.8, 4) is 6.07 Å². The predicted octanol–water partition coefficient (Wildman–Crippen LogP) is -0.919. The molecule has 4 N–H and O–H groups in total. The molecular weight excluding hydrogens is 210 g/mol. The van der Waals surface area contributed by atoms with Gasteiger partial charge in [0.1, 0.15) is 17.3 Å². The Kier molecular flexibility index (Phi) is 4.19. The van der Waals surface area contributed by atoms with Gasteiger partial charge in [-0.1, -0.05) is 0 Å². The summed E-state index contributed by atoms with van der Waals surface area (Å²) in [6.45, 7) is -1.28. The molecule has 0 aliphatic carbocycles. The summed E-state index contributed by atoms with van der Waals surface area (Å²) in [5.74, 6) is 0. The van der Waals surface area contributed by atoms with E-state index in [0.29, 0.717) is 5.69 Å². The van der Waals surface area contributed by atoms with Gasteiger partial charge in [0.05, 0.1) is 19.8 Å². The molecule has 0 spiro atoms. The highest BCUT2D eigenvalue weighted by atomic mass is 16.3. The second-order valence-corrected chi connectivity index (χ2v) is 3.42. The molecule has 6 nitrogen and oxygen atoms in total. The topological polar surface area (TPSA) is 109 Å². The molecule has 1 aromatic rings. The van der Waals surface area contributed by atoms with Crippen molar-refractivity contribution < 1.29 is 15.3 Å². The summed E-state index contributed by atoms with van der Waals surface area (Å²) >= 11 is 0. The average molecular weight is 223 g/mol. The standard InChI is InChI=1S/C10H13N3O3/c11-4-9-3-8(1-2-12-9)13-10(5-14,6-15)7-16/h1-3,14-16H,5-7H2,(H,12,13). The van der Waals surface area contributed by atoms with Crippen LogP contribution in [0.2, 0.25) is 0 Å². The molecule has 1 aromatic heterocycles. The van der Waals surface area contributed by atoms with Crippen LogP contribution in [-0.4, -0.2) is 45.7 Å². The van der Waals surface area contributed by atoms with Crippen LogP contribution < -0.4 is 5.32 Å². The Morgan fingerprint density at radius 3 is 2.44 bits per heavy atom. The third-order valence-corrected chi connectivity index (χ3v) is 2.19. The maximum Gasteiger partial charge on any atom is 0.142 e. The SMILES string of the molecule is N#Cc1cc(NC(CO)(CO)CO)ccn1. The minimum absolute atomic E-state index is 0.215. The third-order valence-electron chi connectivity index (χ3n) is 2.19. The summed E-state index contributed by atoms with van der Waals surface area (Å²) < 4.78 is 0. The summed E-state index contributed by atoms with van der Waals surface area (Å²) in [6, 6.07) is 4.92. The maximum absolute atomic E-state index is 9.10. The summed E-state index contributed by atoms with van der Waals surface area (Å²) in [5.41, 5.74) is -0.481. The fourth-order valence-electron chi connectivity index (χ4n) is 1.14. The van der Waals surface area contributed by atoms with E-state index in [9.17, 15) is 0 Å². The lowest BCUT2D eigenvalue weighted by atomic mass is 10.0. The molecular formula is C10H13N3O3. The second kappa shape index (κ2) is 5.42. The monoisotopic (exact) mass is 223 g/mol. The van der Waals surface area contributed by atoms with Gasteiger partial charge in [0.25, 0.3) is 0 Å². The molecule has 0 unspecified atom stereocenters. The molecule has 0 aliphatic heterocycles. The molecule has 16 heavy (non-hydrogen) atoms. The van der Waals surface area contributed by atoms with Crippen molar-refractivity contribution in [3.63, 3.8) is 0 Å². The Morgan fingerprint density at radius 1 is 1.31 bits per heavy atom. The second-order valence-electron chi connectivity index (χ2n) is 3.42. The third kappa shape index (κ3) is 2.67. The number of anilines is 1. The van der Waals surface area contributed by atoms with Crippen LogP contribution in [0.3, 0.4) is 0 Å². The van der Waals surface area contributed by atoms with Crippen LogP contribution >= 0.6 is 0 Å². The molecule has 6 heteroatoms. The van der Waals surface area contributed by atoms with Crippen molar-refractivity contribution >= 4 is 5.69 Å². The summed E-state index contributed by atoms with van der Waals surface area (Å²) in [6.07, 6.45) is 1.43.